The minimum absolute atomic E-state index is 0.0860. The fraction of sp³-hybridized carbons (Fsp3) is 0.680. The Morgan fingerprint density at radius 2 is 1.26 bits per heavy atom. The van der Waals surface area contributed by atoms with E-state index >= 15 is 0 Å². The molecule has 0 radical (unpaired) electrons. The van der Waals surface area contributed by atoms with Crippen molar-refractivity contribution in [2.75, 3.05) is 12.0 Å². The van der Waals surface area contributed by atoms with Crippen LogP contribution in [0, 0.1) is 5.92 Å². The van der Waals surface area contributed by atoms with E-state index in [0.29, 0.717) is 26.4 Å². The second-order valence-corrected chi connectivity index (χ2v) is 12.7. The second-order valence-electron chi connectivity index (χ2n) is 9.98. The van der Waals surface area contributed by atoms with E-state index in [2.05, 4.69) is 37.4 Å². The van der Waals surface area contributed by atoms with E-state index in [1.807, 2.05) is 20.1 Å². The quantitative estimate of drug-likeness (QED) is 0.0579. The molecule has 238 valence electrons. The van der Waals surface area contributed by atoms with Gasteiger partial charge in [-0.2, -0.15) is 11.8 Å². The van der Waals surface area contributed by atoms with Gasteiger partial charge in [-0.3, -0.25) is 19.2 Å². The molecule has 0 spiro atoms. The molecule has 0 unspecified atom stereocenters. The number of aliphatic carboxylic acids is 1. The zero-order chi connectivity index (χ0) is 32.7. The first-order chi connectivity index (χ1) is 19.4. The first-order valence-corrected chi connectivity index (χ1v) is 16.3. The number of hydrazine groups is 1. The van der Waals surface area contributed by atoms with Crippen LogP contribution in [0.5, 0.6) is 0 Å². The van der Waals surface area contributed by atoms with Crippen LogP contribution in [0.15, 0.2) is 0 Å². The number of hydrogen-bond donors (Lipinski definition) is 8. The van der Waals surface area contributed by atoms with Crippen molar-refractivity contribution in [3.8, 4) is 0 Å². The van der Waals surface area contributed by atoms with E-state index in [4.69, 9.17) is 54.0 Å². The van der Waals surface area contributed by atoms with Crippen LogP contribution >= 0.6 is 60.6 Å². The highest BCUT2D eigenvalue weighted by molar-refractivity contribution is 7.98. The maximum atomic E-state index is 12.9. The molecule has 0 aromatic heterocycles. The second kappa shape index (κ2) is 20.0. The number of rotatable bonds is 18. The normalized spacial score (nSPS) is 15.1. The third kappa shape index (κ3) is 14.9. The number of ketones is 1. The molecule has 6 atom stereocenters. The Balaban J connectivity index is 5.17. The van der Waals surface area contributed by atoms with Gasteiger partial charge in [0, 0.05) is 6.92 Å². The summed E-state index contributed by atoms with van der Waals surface area (Å²) in [5.74, 6) is -2.04. The number of carboxylic acids is 1. The standard InChI is InChI=1S/C25H43N7O5S5/c1-11(2)18(30-20(35)16(7)33)24(41)29-17(9-10-42-8)23(40)27-12(3)19(34)26-13(4)21(38)28-14(5)22(39)32-31-15(6)25(36)37/h11-15,17-18,31H,9-10H2,1-8H3,(H,26,34)(H,27,40)(H,28,38)(H,29,41)(H,30,35)(H,32,39)(H,36,37)/t12-,13-,14-,15-,17-,18-/m0/s1. The Hall–Kier alpha value is -2.05. The predicted molar refractivity (Wildman–Crippen MR) is 184 cm³/mol. The van der Waals surface area contributed by atoms with E-state index in [9.17, 15) is 19.2 Å². The Kier molecular flexibility index (Phi) is 19.0. The van der Waals surface area contributed by atoms with Crippen molar-refractivity contribution in [3.63, 3.8) is 0 Å². The molecule has 0 aliphatic rings. The Morgan fingerprint density at radius 3 is 1.76 bits per heavy atom. The SMILES string of the molecule is CSCC[C@H](NC(=S)[C@@H](NC(=O)C(C)=O)C(C)C)C(=S)N[C@@H](C)C(=O)N[C@@H](C)C(=S)N[C@@H](C)C(=S)NN[C@@H](C)C(=O)O. The number of carboxylic acid groups (broad SMARTS) is 1. The largest absolute Gasteiger partial charge is 0.480 e. The van der Waals surface area contributed by atoms with Gasteiger partial charge in [-0.25, -0.2) is 5.43 Å². The average molecular weight is 682 g/mol. The summed E-state index contributed by atoms with van der Waals surface area (Å²) in [6, 6.07) is -3.54. The number of nitrogens with one attached hydrogen (secondary N) is 7. The van der Waals surface area contributed by atoms with Crippen LogP contribution < -0.4 is 37.4 Å². The van der Waals surface area contributed by atoms with Gasteiger partial charge in [0.25, 0.3) is 5.91 Å². The van der Waals surface area contributed by atoms with Crippen LogP contribution in [0.1, 0.15) is 54.9 Å². The molecule has 8 N–H and O–H groups in total. The van der Waals surface area contributed by atoms with Gasteiger partial charge in [0.1, 0.15) is 17.1 Å². The van der Waals surface area contributed by atoms with Crippen molar-refractivity contribution in [1.29, 1.82) is 0 Å². The van der Waals surface area contributed by atoms with Gasteiger partial charge in [-0.1, -0.05) is 62.7 Å². The molecular weight excluding hydrogens is 639 g/mol. The van der Waals surface area contributed by atoms with Crippen LogP contribution in [0.2, 0.25) is 0 Å². The maximum Gasteiger partial charge on any atom is 0.322 e. The first-order valence-electron chi connectivity index (χ1n) is 13.2. The lowest BCUT2D eigenvalue weighted by atomic mass is 10.0. The fourth-order valence-corrected chi connectivity index (χ4v) is 4.73. The van der Waals surface area contributed by atoms with Gasteiger partial charge in [-0.05, 0) is 52.0 Å². The predicted octanol–water partition coefficient (Wildman–Crippen LogP) is 0.765. The highest BCUT2D eigenvalue weighted by atomic mass is 32.2. The van der Waals surface area contributed by atoms with Crippen LogP contribution in [-0.2, 0) is 19.2 Å². The summed E-state index contributed by atoms with van der Waals surface area (Å²) >= 11 is 23.5. The summed E-state index contributed by atoms with van der Waals surface area (Å²) in [5.41, 5.74) is 5.25. The zero-order valence-corrected chi connectivity index (χ0v) is 29.2. The third-order valence-corrected chi connectivity index (χ3v) is 8.18. The molecule has 0 heterocycles. The van der Waals surface area contributed by atoms with Gasteiger partial charge in [0.05, 0.1) is 39.1 Å². The minimum Gasteiger partial charge on any atom is -0.480 e. The van der Waals surface area contributed by atoms with Gasteiger partial charge in [0.15, 0.2) is 0 Å². The molecule has 42 heavy (non-hydrogen) atoms. The van der Waals surface area contributed by atoms with E-state index in [1.54, 1.807) is 32.5 Å². The molecule has 0 rings (SSSR count). The molecule has 17 heteroatoms. The van der Waals surface area contributed by atoms with Gasteiger partial charge in [0.2, 0.25) is 11.7 Å². The molecular formula is C25H43N7O5S5. The molecule has 0 aliphatic heterocycles. The molecule has 0 bridgehead atoms. The highest BCUT2D eigenvalue weighted by Crippen LogP contribution is 2.08. The van der Waals surface area contributed by atoms with Gasteiger partial charge < -0.3 is 37.1 Å². The maximum absolute atomic E-state index is 12.9. The lowest BCUT2D eigenvalue weighted by Crippen LogP contribution is -2.58. The number of thiocarbonyl (C=S) groups is 4. The Bertz CT molecular complexity index is 1030. The first kappa shape index (κ1) is 40.0. The summed E-state index contributed by atoms with van der Waals surface area (Å²) in [7, 11) is 0. The number of thioether (sulfide) groups is 1. The molecule has 0 aromatic rings. The molecule has 0 saturated heterocycles. The van der Waals surface area contributed by atoms with Gasteiger partial charge in [-0.15, -0.1) is 0 Å². The molecule has 0 saturated carbocycles. The average Bonchev–Trinajstić information content (AvgIpc) is 2.91. The number of carbonyl (C=O) groups is 4. The number of hydrogen-bond acceptors (Lipinski definition) is 10. The summed E-state index contributed by atoms with van der Waals surface area (Å²) < 4.78 is 0. The van der Waals surface area contributed by atoms with Gasteiger partial charge >= 0.3 is 5.97 Å². The monoisotopic (exact) mass is 681 g/mol. The van der Waals surface area contributed by atoms with Crippen molar-refractivity contribution in [2.45, 2.75) is 91.1 Å². The fourth-order valence-electron chi connectivity index (χ4n) is 3.08. The number of carbonyl (C=O) groups excluding carboxylic acids is 3. The summed E-state index contributed by atoms with van der Waals surface area (Å²) in [4.78, 5) is 48.7. The molecule has 2 amide bonds. The van der Waals surface area contributed by atoms with E-state index in [1.165, 1.54) is 13.8 Å². The Morgan fingerprint density at radius 1 is 0.714 bits per heavy atom. The number of amides is 2. The highest BCUT2D eigenvalue weighted by Gasteiger charge is 2.27. The van der Waals surface area contributed by atoms with Crippen molar-refractivity contribution in [3.05, 3.63) is 0 Å². The third-order valence-electron chi connectivity index (χ3n) is 5.84. The van der Waals surface area contributed by atoms with Crippen molar-refractivity contribution in [2.24, 2.45) is 5.92 Å². The summed E-state index contributed by atoms with van der Waals surface area (Å²) in [5, 5.41) is 23.7. The lowest BCUT2D eigenvalue weighted by molar-refractivity contribution is -0.139. The lowest BCUT2D eigenvalue weighted by Gasteiger charge is -2.29. The molecule has 0 aromatic carbocycles. The molecule has 0 aliphatic carbocycles. The van der Waals surface area contributed by atoms with Crippen LogP contribution in [0.25, 0.3) is 0 Å². The van der Waals surface area contributed by atoms with Crippen molar-refractivity contribution >= 4 is 104 Å². The minimum atomic E-state index is -1.04. The Labute approximate surface area is 273 Å². The summed E-state index contributed by atoms with van der Waals surface area (Å²) in [6.07, 6.45) is 2.56. The zero-order valence-electron chi connectivity index (χ0n) is 25.1. The number of Topliss-reactive ketones (excluding diaryl/α,β-unsaturated/α-hetero) is 1. The summed E-state index contributed by atoms with van der Waals surface area (Å²) in [6.45, 7) is 11.5. The molecule has 0 fully saturated rings. The van der Waals surface area contributed by atoms with Crippen LogP contribution in [0.3, 0.4) is 0 Å². The van der Waals surface area contributed by atoms with Crippen molar-refractivity contribution in [1.82, 2.24) is 37.4 Å². The van der Waals surface area contributed by atoms with Crippen LogP contribution in [0.4, 0.5) is 0 Å². The van der Waals surface area contributed by atoms with E-state index < -0.39 is 53.9 Å². The van der Waals surface area contributed by atoms with Crippen molar-refractivity contribution < 1.29 is 24.3 Å². The smallest absolute Gasteiger partial charge is 0.322 e. The van der Waals surface area contributed by atoms with E-state index in [-0.39, 0.29) is 11.8 Å². The van der Waals surface area contributed by atoms with Crippen LogP contribution in [-0.4, -0.2) is 96.9 Å². The molecule has 12 nitrogen and oxygen atoms in total. The van der Waals surface area contributed by atoms with E-state index in [0.717, 1.165) is 5.75 Å². The topological polar surface area (TPSA) is 173 Å².